The van der Waals surface area contributed by atoms with Crippen LogP contribution in [0.3, 0.4) is 0 Å². The van der Waals surface area contributed by atoms with Crippen molar-refractivity contribution in [3.8, 4) is 0 Å². The van der Waals surface area contributed by atoms with Crippen molar-refractivity contribution in [2.75, 3.05) is 19.6 Å². The third-order valence-corrected chi connectivity index (χ3v) is 3.94. The molecule has 0 aliphatic carbocycles. The van der Waals surface area contributed by atoms with E-state index >= 15 is 0 Å². The second-order valence-corrected chi connectivity index (χ2v) is 5.27. The predicted octanol–water partition coefficient (Wildman–Crippen LogP) is 3.82. The summed E-state index contributed by atoms with van der Waals surface area (Å²) in [5, 5.41) is 0. The first kappa shape index (κ1) is 15.3. The van der Waals surface area contributed by atoms with Gasteiger partial charge in [0.15, 0.2) is 0 Å². The van der Waals surface area contributed by atoms with Crippen LogP contribution in [-0.2, 0) is 5.88 Å². The van der Waals surface area contributed by atoms with Gasteiger partial charge in [-0.25, -0.2) is 9.37 Å². The van der Waals surface area contributed by atoms with Gasteiger partial charge in [0.05, 0.1) is 16.9 Å². The average molecular weight is 298 g/mol. The first-order valence-corrected chi connectivity index (χ1v) is 7.58. The third-order valence-electron chi connectivity index (χ3n) is 3.70. The number of rotatable bonds is 6. The molecule has 0 aliphatic rings. The summed E-state index contributed by atoms with van der Waals surface area (Å²) in [5.74, 6) is 0.866. The molecule has 0 amide bonds. The van der Waals surface area contributed by atoms with Crippen LogP contribution in [0.2, 0.25) is 0 Å². The number of likely N-dealkylation sites (N-methyl/N-ethyl adjacent to an activating group) is 1. The predicted molar refractivity (Wildman–Crippen MR) is 81.7 cm³/mol. The maximum atomic E-state index is 13.3. The number of imidazole rings is 1. The number of fused-ring (bicyclic) bond motifs is 1. The van der Waals surface area contributed by atoms with Crippen molar-refractivity contribution < 1.29 is 4.39 Å². The quantitative estimate of drug-likeness (QED) is 0.756. The Morgan fingerprint density at radius 3 is 2.65 bits per heavy atom. The highest BCUT2D eigenvalue weighted by Gasteiger charge is 2.17. The highest BCUT2D eigenvalue weighted by Crippen LogP contribution is 2.23. The van der Waals surface area contributed by atoms with Crippen molar-refractivity contribution in [3.63, 3.8) is 0 Å². The Bertz CT molecular complexity index is 578. The Kier molecular flexibility index (Phi) is 5.00. The number of hydrogen-bond donors (Lipinski definition) is 0. The van der Waals surface area contributed by atoms with Gasteiger partial charge in [-0.1, -0.05) is 13.8 Å². The zero-order valence-electron chi connectivity index (χ0n) is 12.2. The van der Waals surface area contributed by atoms with E-state index in [0.717, 1.165) is 31.0 Å². The van der Waals surface area contributed by atoms with Crippen LogP contribution in [0.15, 0.2) is 18.2 Å². The molecule has 0 fully saturated rings. The average Bonchev–Trinajstić information content (AvgIpc) is 2.81. The molecule has 1 atom stereocenters. The first-order valence-electron chi connectivity index (χ1n) is 7.05. The van der Waals surface area contributed by atoms with Crippen LogP contribution in [0.4, 0.5) is 4.39 Å². The minimum Gasteiger partial charge on any atom is -0.323 e. The molecule has 0 bridgehead atoms. The molecule has 0 saturated carbocycles. The number of aromatic nitrogens is 2. The van der Waals surface area contributed by atoms with Gasteiger partial charge in [0, 0.05) is 18.7 Å². The summed E-state index contributed by atoms with van der Waals surface area (Å²) < 4.78 is 15.4. The second kappa shape index (κ2) is 6.55. The monoisotopic (exact) mass is 297 g/mol. The molecule has 2 aromatic rings. The SMILES string of the molecule is CCN(CC)CC(C)n1c(CCl)nc2cc(F)ccc21. The highest BCUT2D eigenvalue weighted by molar-refractivity contribution is 6.16. The normalized spacial score (nSPS) is 13.3. The van der Waals surface area contributed by atoms with Gasteiger partial charge in [0.25, 0.3) is 0 Å². The third kappa shape index (κ3) is 2.96. The van der Waals surface area contributed by atoms with E-state index < -0.39 is 0 Å². The van der Waals surface area contributed by atoms with Crippen molar-refractivity contribution in [1.82, 2.24) is 14.5 Å². The standard InChI is InChI=1S/C15H21ClFN3/c1-4-19(5-2)10-11(3)20-14-7-6-12(17)8-13(14)18-15(20)9-16/h6-8,11H,4-5,9-10H2,1-3H3. The number of hydrogen-bond acceptors (Lipinski definition) is 2. The van der Waals surface area contributed by atoms with E-state index in [1.165, 1.54) is 12.1 Å². The Morgan fingerprint density at radius 1 is 1.35 bits per heavy atom. The summed E-state index contributed by atoms with van der Waals surface area (Å²) in [6.07, 6.45) is 0. The van der Waals surface area contributed by atoms with E-state index in [4.69, 9.17) is 11.6 Å². The first-order chi connectivity index (χ1) is 9.60. The van der Waals surface area contributed by atoms with Crippen LogP contribution in [0.5, 0.6) is 0 Å². The van der Waals surface area contributed by atoms with Gasteiger partial charge in [-0.05, 0) is 32.1 Å². The lowest BCUT2D eigenvalue weighted by Crippen LogP contribution is -2.30. The molecule has 110 valence electrons. The van der Waals surface area contributed by atoms with Gasteiger partial charge in [-0.3, -0.25) is 0 Å². The van der Waals surface area contributed by atoms with E-state index in [2.05, 4.69) is 35.2 Å². The topological polar surface area (TPSA) is 21.1 Å². The maximum absolute atomic E-state index is 13.3. The van der Waals surface area contributed by atoms with Crippen molar-refractivity contribution in [3.05, 3.63) is 29.8 Å². The van der Waals surface area contributed by atoms with Gasteiger partial charge in [-0.2, -0.15) is 0 Å². The minimum absolute atomic E-state index is 0.249. The molecule has 1 heterocycles. The molecule has 0 aliphatic heterocycles. The van der Waals surface area contributed by atoms with E-state index in [1.54, 1.807) is 6.07 Å². The molecule has 20 heavy (non-hydrogen) atoms. The van der Waals surface area contributed by atoms with Crippen LogP contribution >= 0.6 is 11.6 Å². The molecular weight excluding hydrogens is 277 g/mol. The lowest BCUT2D eigenvalue weighted by molar-refractivity contribution is 0.261. The summed E-state index contributed by atoms with van der Waals surface area (Å²) in [7, 11) is 0. The minimum atomic E-state index is -0.264. The van der Waals surface area contributed by atoms with Crippen molar-refractivity contribution in [2.45, 2.75) is 32.7 Å². The Labute approximate surface area is 124 Å². The zero-order valence-corrected chi connectivity index (χ0v) is 13.0. The Morgan fingerprint density at radius 2 is 2.05 bits per heavy atom. The molecule has 1 aromatic carbocycles. The number of benzene rings is 1. The number of alkyl halides is 1. The number of halogens is 2. The fraction of sp³-hybridized carbons (Fsp3) is 0.533. The van der Waals surface area contributed by atoms with Crippen molar-refractivity contribution in [1.29, 1.82) is 0 Å². The fourth-order valence-electron chi connectivity index (χ4n) is 2.65. The Hall–Kier alpha value is -1.13. The van der Waals surface area contributed by atoms with Gasteiger partial charge >= 0.3 is 0 Å². The van der Waals surface area contributed by atoms with Gasteiger partial charge in [0.2, 0.25) is 0 Å². The summed E-state index contributed by atoms with van der Waals surface area (Å²) >= 11 is 6.00. The smallest absolute Gasteiger partial charge is 0.125 e. The molecule has 3 nitrogen and oxygen atoms in total. The summed E-state index contributed by atoms with van der Waals surface area (Å²) in [6, 6.07) is 4.97. The summed E-state index contributed by atoms with van der Waals surface area (Å²) in [5.41, 5.74) is 1.62. The lowest BCUT2D eigenvalue weighted by Gasteiger charge is -2.25. The number of nitrogens with zero attached hydrogens (tertiary/aromatic N) is 3. The van der Waals surface area contributed by atoms with Gasteiger partial charge < -0.3 is 9.47 Å². The van der Waals surface area contributed by atoms with Crippen molar-refractivity contribution in [2.24, 2.45) is 0 Å². The molecule has 0 radical (unpaired) electrons. The van der Waals surface area contributed by atoms with Crippen LogP contribution in [0.1, 0.15) is 32.6 Å². The fourth-order valence-corrected chi connectivity index (χ4v) is 2.83. The molecule has 1 aromatic heterocycles. The molecule has 1 unspecified atom stereocenters. The summed E-state index contributed by atoms with van der Waals surface area (Å²) in [6.45, 7) is 9.41. The second-order valence-electron chi connectivity index (χ2n) is 5.00. The van der Waals surface area contributed by atoms with E-state index in [-0.39, 0.29) is 11.9 Å². The highest BCUT2D eigenvalue weighted by atomic mass is 35.5. The molecule has 0 saturated heterocycles. The van der Waals surface area contributed by atoms with E-state index in [0.29, 0.717) is 11.4 Å². The van der Waals surface area contributed by atoms with E-state index in [1.807, 2.05) is 0 Å². The zero-order chi connectivity index (χ0) is 14.7. The molecule has 0 N–H and O–H groups in total. The Balaban J connectivity index is 2.41. The van der Waals surface area contributed by atoms with Crippen LogP contribution in [0.25, 0.3) is 11.0 Å². The van der Waals surface area contributed by atoms with Crippen LogP contribution in [-0.4, -0.2) is 34.1 Å². The lowest BCUT2D eigenvalue weighted by atomic mass is 10.2. The summed E-state index contributed by atoms with van der Waals surface area (Å²) in [4.78, 5) is 6.80. The molecule has 0 spiro atoms. The van der Waals surface area contributed by atoms with E-state index in [9.17, 15) is 4.39 Å². The van der Waals surface area contributed by atoms with Crippen LogP contribution < -0.4 is 0 Å². The van der Waals surface area contributed by atoms with Gasteiger partial charge in [-0.15, -0.1) is 11.6 Å². The molecule has 5 heteroatoms. The van der Waals surface area contributed by atoms with Gasteiger partial charge in [0.1, 0.15) is 11.6 Å². The maximum Gasteiger partial charge on any atom is 0.125 e. The van der Waals surface area contributed by atoms with Crippen LogP contribution in [0, 0.1) is 5.82 Å². The molecular formula is C15H21ClFN3. The molecule has 2 rings (SSSR count). The van der Waals surface area contributed by atoms with Crippen molar-refractivity contribution >= 4 is 22.6 Å². The largest absolute Gasteiger partial charge is 0.323 e.